The largest absolute Gasteiger partial charge is 0.317 e. The Morgan fingerprint density at radius 1 is 1.38 bits per heavy atom. The van der Waals surface area contributed by atoms with Crippen molar-refractivity contribution in [2.45, 2.75) is 32.7 Å². The zero-order valence-corrected chi connectivity index (χ0v) is 8.80. The van der Waals surface area contributed by atoms with Crippen LogP contribution in [0.1, 0.15) is 24.5 Å². The quantitative estimate of drug-likeness (QED) is 0.745. The lowest BCUT2D eigenvalue weighted by Gasteiger charge is -2.09. The van der Waals surface area contributed by atoms with E-state index in [4.69, 9.17) is 0 Å². The zero-order chi connectivity index (χ0) is 9.68. The van der Waals surface area contributed by atoms with Crippen LogP contribution in [-0.4, -0.2) is 13.1 Å². The molecule has 0 saturated carbocycles. The number of hydrogen-bond donors (Lipinski definition) is 1. The van der Waals surface area contributed by atoms with E-state index >= 15 is 0 Å². The first kappa shape index (κ1) is 10.3. The average molecular weight is 177 g/mol. The van der Waals surface area contributed by atoms with Gasteiger partial charge in [0.2, 0.25) is 0 Å². The van der Waals surface area contributed by atoms with Crippen molar-refractivity contribution in [2.75, 3.05) is 7.05 Å². The second kappa shape index (κ2) is 5.03. The van der Waals surface area contributed by atoms with Gasteiger partial charge in [-0.25, -0.2) is 0 Å². The Kier molecular flexibility index (Phi) is 3.97. The van der Waals surface area contributed by atoms with Gasteiger partial charge in [0, 0.05) is 6.04 Å². The topological polar surface area (TPSA) is 12.0 Å². The second-order valence-electron chi connectivity index (χ2n) is 3.72. The van der Waals surface area contributed by atoms with Crippen LogP contribution in [0.2, 0.25) is 0 Å². The van der Waals surface area contributed by atoms with Gasteiger partial charge in [-0.1, -0.05) is 29.8 Å². The average Bonchev–Trinajstić information content (AvgIpc) is 2.14. The molecule has 1 aromatic rings. The molecule has 1 N–H and O–H groups in total. The summed E-state index contributed by atoms with van der Waals surface area (Å²) in [7, 11) is 2.01. The first-order valence-corrected chi connectivity index (χ1v) is 4.95. The molecule has 1 heteroatoms. The fourth-order valence-corrected chi connectivity index (χ4v) is 1.40. The summed E-state index contributed by atoms with van der Waals surface area (Å²) >= 11 is 0. The molecule has 1 aromatic carbocycles. The Morgan fingerprint density at radius 3 is 2.77 bits per heavy atom. The number of rotatable bonds is 4. The fourth-order valence-electron chi connectivity index (χ4n) is 1.40. The lowest BCUT2D eigenvalue weighted by Crippen LogP contribution is -2.21. The Labute approximate surface area is 81.2 Å². The first-order valence-electron chi connectivity index (χ1n) is 4.95. The predicted molar refractivity (Wildman–Crippen MR) is 58.0 cm³/mol. The summed E-state index contributed by atoms with van der Waals surface area (Å²) in [5.74, 6) is 0. The maximum atomic E-state index is 3.25. The lowest BCUT2D eigenvalue weighted by atomic mass is 10.0. The Balaban J connectivity index is 2.45. The number of hydrogen-bond acceptors (Lipinski definition) is 1. The molecule has 0 heterocycles. The molecule has 0 aliphatic carbocycles. The normalized spacial score (nSPS) is 12.8. The monoisotopic (exact) mass is 177 g/mol. The van der Waals surface area contributed by atoms with Crippen LogP contribution in [0.4, 0.5) is 0 Å². The number of nitrogens with one attached hydrogen (secondary N) is 1. The SMILES string of the molecule is CN[C@@H](C)CCc1cccc(C)c1. The van der Waals surface area contributed by atoms with Crippen LogP contribution in [0.25, 0.3) is 0 Å². The summed E-state index contributed by atoms with van der Waals surface area (Å²) in [5, 5.41) is 3.25. The van der Waals surface area contributed by atoms with Crippen LogP contribution >= 0.6 is 0 Å². The Bertz CT molecular complexity index is 255. The molecule has 1 atom stereocenters. The van der Waals surface area contributed by atoms with E-state index in [9.17, 15) is 0 Å². The van der Waals surface area contributed by atoms with Gasteiger partial charge in [-0.3, -0.25) is 0 Å². The number of aryl methyl sites for hydroxylation is 2. The summed E-state index contributed by atoms with van der Waals surface area (Å²) in [5.41, 5.74) is 2.80. The molecule has 1 nitrogen and oxygen atoms in total. The smallest absolute Gasteiger partial charge is 0.00388 e. The Hall–Kier alpha value is -0.820. The molecule has 0 amide bonds. The third-order valence-electron chi connectivity index (χ3n) is 2.44. The van der Waals surface area contributed by atoms with Gasteiger partial charge in [0.25, 0.3) is 0 Å². The van der Waals surface area contributed by atoms with E-state index in [-0.39, 0.29) is 0 Å². The third-order valence-corrected chi connectivity index (χ3v) is 2.44. The summed E-state index contributed by atoms with van der Waals surface area (Å²) in [4.78, 5) is 0. The molecule has 1 rings (SSSR count). The highest BCUT2D eigenvalue weighted by molar-refractivity contribution is 5.22. The highest BCUT2D eigenvalue weighted by Gasteiger charge is 1.98. The zero-order valence-electron chi connectivity index (χ0n) is 8.80. The maximum Gasteiger partial charge on any atom is 0.00388 e. The van der Waals surface area contributed by atoms with Crippen LogP contribution in [0.5, 0.6) is 0 Å². The van der Waals surface area contributed by atoms with E-state index in [2.05, 4.69) is 43.4 Å². The molecular formula is C12H19N. The van der Waals surface area contributed by atoms with Crippen molar-refractivity contribution in [1.29, 1.82) is 0 Å². The van der Waals surface area contributed by atoms with E-state index in [1.54, 1.807) is 0 Å². The molecule has 13 heavy (non-hydrogen) atoms. The molecule has 0 spiro atoms. The van der Waals surface area contributed by atoms with E-state index < -0.39 is 0 Å². The van der Waals surface area contributed by atoms with Crippen LogP contribution in [-0.2, 0) is 6.42 Å². The van der Waals surface area contributed by atoms with E-state index in [1.807, 2.05) is 7.05 Å². The first-order chi connectivity index (χ1) is 6.22. The van der Waals surface area contributed by atoms with Crippen LogP contribution in [0.3, 0.4) is 0 Å². The molecule has 0 bridgehead atoms. The molecule has 0 unspecified atom stereocenters. The van der Waals surface area contributed by atoms with Crippen LogP contribution < -0.4 is 5.32 Å². The van der Waals surface area contributed by atoms with Crippen LogP contribution in [0.15, 0.2) is 24.3 Å². The van der Waals surface area contributed by atoms with Crippen molar-refractivity contribution in [3.8, 4) is 0 Å². The van der Waals surface area contributed by atoms with E-state index in [0.717, 1.165) is 0 Å². The van der Waals surface area contributed by atoms with Crippen molar-refractivity contribution in [2.24, 2.45) is 0 Å². The standard InChI is InChI=1S/C12H19N/c1-10-5-4-6-12(9-10)8-7-11(2)13-3/h4-6,9,11,13H,7-8H2,1-3H3/t11-/m0/s1. The minimum atomic E-state index is 0.612. The summed E-state index contributed by atoms with van der Waals surface area (Å²) < 4.78 is 0. The molecule has 0 aliphatic heterocycles. The minimum Gasteiger partial charge on any atom is -0.317 e. The highest BCUT2D eigenvalue weighted by atomic mass is 14.8. The van der Waals surface area contributed by atoms with Gasteiger partial charge in [0.15, 0.2) is 0 Å². The van der Waals surface area contributed by atoms with Gasteiger partial charge in [0.05, 0.1) is 0 Å². The van der Waals surface area contributed by atoms with Crippen LogP contribution in [0, 0.1) is 6.92 Å². The van der Waals surface area contributed by atoms with Gasteiger partial charge in [-0.2, -0.15) is 0 Å². The van der Waals surface area contributed by atoms with Gasteiger partial charge in [0.1, 0.15) is 0 Å². The second-order valence-corrected chi connectivity index (χ2v) is 3.72. The van der Waals surface area contributed by atoms with Crippen molar-refractivity contribution in [1.82, 2.24) is 5.32 Å². The van der Waals surface area contributed by atoms with Crippen molar-refractivity contribution in [3.63, 3.8) is 0 Å². The predicted octanol–water partition coefficient (Wildman–Crippen LogP) is 2.54. The lowest BCUT2D eigenvalue weighted by molar-refractivity contribution is 0.565. The molecule has 72 valence electrons. The van der Waals surface area contributed by atoms with E-state index in [0.29, 0.717) is 6.04 Å². The molecule has 0 saturated heterocycles. The van der Waals surface area contributed by atoms with Gasteiger partial charge >= 0.3 is 0 Å². The van der Waals surface area contributed by atoms with Gasteiger partial charge in [-0.15, -0.1) is 0 Å². The summed E-state index contributed by atoms with van der Waals surface area (Å²) in [6.45, 7) is 4.36. The third kappa shape index (κ3) is 3.60. The molecule has 0 aromatic heterocycles. The molecule has 0 aliphatic rings. The number of benzene rings is 1. The van der Waals surface area contributed by atoms with Crippen molar-refractivity contribution < 1.29 is 0 Å². The molecule has 0 radical (unpaired) electrons. The summed E-state index contributed by atoms with van der Waals surface area (Å²) in [6.07, 6.45) is 2.38. The fraction of sp³-hybridized carbons (Fsp3) is 0.500. The van der Waals surface area contributed by atoms with Crippen molar-refractivity contribution in [3.05, 3.63) is 35.4 Å². The minimum absolute atomic E-state index is 0.612. The molecular weight excluding hydrogens is 158 g/mol. The Morgan fingerprint density at radius 2 is 2.15 bits per heavy atom. The maximum absolute atomic E-state index is 3.25. The van der Waals surface area contributed by atoms with Gasteiger partial charge < -0.3 is 5.32 Å². The van der Waals surface area contributed by atoms with Crippen molar-refractivity contribution >= 4 is 0 Å². The van der Waals surface area contributed by atoms with E-state index in [1.165, 1.54) is 24.0 Å². The van der Waals surface area contributed by atoms with Gasteiger partial charge in [-0.05, 0) is 39.3 Å². The molecule has 0 fully saturated rings. The highest BCUT2D eigenvalue weighted by Crippen LogP contribution is 2.07. The summed E-state index contributed by atoms with van der Waals surface area (Å²) in [6, 6.07) is 9.36.